The lowest BCUT2D eigenvalue weighted by molar-refractivity contribution is 0.547. The van der Waals surface area contributed by atoms with Crippen LogP contribution in [0, 0.1) is 6.92 Å². The first kappa shape index (κ1) is 11.8. The smallest absolute Gasteiger partial charge is 0.0991 e. The first-order valence-corrected chi connectivity index (χ1v) is 5.94. The molecule has 0 aliphatic carbocycles. The van der Waals surface area contributed by atoms with Crippen molar-refractivity contribution in [3.8, 4) is 0 Å². The summed E-state index contributed by atoms with van der Waals surface area (Å²) in [6.45, 7) is 3.38. The lowest BCUT2D eigenvalue weighted by atomic mass is 10.1. The standard InChI is InChI=1S/C13H18N4/c1-11-13(10-14)15-16-17(11)9-5-8-12-6-3-2-4-7-12/h2-4,6-7H,5,8-10,14H2,1H3. The van der Waals surface area contributed by atoms with E-state index < -0.39 is 0 Å². The van der Waals surface area contributed by atoms with Gasteiger partial charge in [-0.1, -0.05) is 35.5 Å². The average molecular weight is 230 g/mol. The Labute approximate surface area is 101 Å². The summed E-state index contributed by atoms with van der Waals surface area (Å²) in [5.74, 6) is 0. The van der Waals surface area contributed by atoms with E-state index in [1.54, 1.807) is 0 Å². The van der Waals surface area contributed by atoms with Gasteiger partial charge in [-0.15, -0.1) is 5.10 Å². The third-order valence-electron chi connectivity index (χ3n) is 2.95. The molecule has 2 aromatic rings. The largest absolute Gasteiger partial charge is 0.325 e. The molecule has 0 aliphatic heterocycles. The third kappa shape index (κ3) is 2.91. The number of nitrogens with zero attached hydrogens (tertiary/aromatic N) is 3. The summed E-state index contributed by atoms with van der Waals surface area (Å²) in [4.78, 5) is 0. The van der Waals surface area contributed by atoms with Crippen molar-refractivity contribution in [3.05, 3.63) is 47.3 Å². The molecule has 1 aromatic carbocycles. The molecule has 0 saturated heterocycles. The number of hydrogen-bond acceptors (Lipinski definition) is 3. The van der Waals surface area contributed by atoms with Gasteiger partial charge in [0.05, 0.1) is 11.4 Å². The summed E-state index contributed by atoms with van der Waals surface area (Å²) >= 11 is 0. The van der Waals surface area contributed by atoms with Gasteiger partial charge >= 0.3 is 0 Å². The predicted octanol–water partition coefficient (Wildman–Crippen LogP) is 1.68. The van der Waals surface area contributed by atoms with Crippen molar-refractivity contribution in [3.63, 3.8) is 0 Å². The molecule has 2 N–H and O–H groups in total. The molecule has 0 aliphatic rings. The lowest BCUT2D eigenvalue weighted by Gasteiger charge is -2.03. The number of hydrogen-bond donors (Lipinski definition) is 1. The van der Waals surface area contributed by atoms with Gasteiger partial charge in [-0.3, -0.25) is 0 Å². The fraction of sp³-hybridized carbons (Fsp3) is 0.385. The Kier molecular flexibility index (Phi) is 3.88. The molecule has 1 heterocycles. The van der Waals surface area contributed by atoms with Crippen LogP contribution in [0.5, 0.6) is 0 Å². The van der Waals surface area contributed by atoms with Crippen LogP contribution in [0.2, 0.25) is 0 Å². The Hall–Kier alpha value is -1.68. The number of benzene rings is 1. The van der Waals surface area contributed by atoms with Gasteiger partial charge in [0.2, 0.25) is 0 Å². The zero-order valence-electron chi connectivity index (χ0n) is 10.1. The van der Waals surface area contributed by atoms with E-state index in [-0.39, 0.29) is 0 Å². The van der Waals surface area contributed by atoms with E-state index in [9.17, 15) is 0 Å². The topological polar surface area (TPSA) is 56.7 Å². The van der Waals surface area contributed by atoms with Crippen molar-refractivity contribution in [1.82, 2.24) is 15.0 Å². The Bertz CT molecular complexity index is 462. The highest BCUT2D eigenvalue weighted by Crippen LogP contribution is 2.06. The van der Waals surface area contributed by atoms with Crippen molar-refractivity contribution in [2.24, 2.45) is 5.73 Å². The van der Waals surface area contributed by atoms with Gasteiger partial charge < -0.3 is 5.73 Å². The number of aryl methyl sites for hydroxylation is 2. The highest BCUT2D eigenvalue weighted by atomic mass is 15.4. The van der Waals surface area contributed by atoms with Crippen LogP contribution in [-0.4, -0.2) is 15.0 Å². The molecular weight excluding hydrogens is 212 g/mol. The van der Waals surface area contributed by atoms with Gasteiger partial charge in [-0.2, -0.15) is 0 Å². The first-order valence-electron chi connectivity index (χ1n) is 5.94. The summed E-state index contributed by atoms with van der Waals surface area (Å²) in [6, 6.07) is 10.5. The molecule has 0 saturated carbocycles. The maximum atomic E-state index is 5.57. The molecule has 17 heavy (non-hydrogen) atoms. The lowest BCUT2D eigenvalue weighted by Crippen LogP contribution is -2.05. The SMILES string of the molecule is Cc1c(CN)nnn1CCCc1ccccc1. The summed E-state index contributed by atoms with van der Waals surface area (Å²) in [5.41, 5.74) is 8.91. The van der Waals surface area contributed by atoms with Gasteiger partial charge in [0.15, 0.2) is 0 Å². The van der Waals surface area contributed by atoms with Crippen molar-refractivity contribution in [2.75, 3.05) is 0 Å². The van der Waals surface area contributed by atoms with Crippen LogP contribution in [0.1, 0.15) is 23.4 Å². The zero-order chi connectivity index (χ0) is 12.1. The number of aromatic nitrogens is 3. The van der Waals surface area contributed by atoms with E-state index >= 15 is 0 Å². The average Bonchev–Trinajstić information content (AvgIpc) is 2.72. The van der Waals surface area contributed by atoms with E-state index in [1.165, 1.54) is 5.56 Å². The molecule has 0 atom stereocenters. The van der Waals surface area contributed by atoms with Crippen molar-refractivity contribution >= 4 is 0 Å². The van der Waals surface area contributed by atoms with Crippen molar-refractivity contribution < 1.29 is 0 Å². The molecule has 1 aromatic heterocycles. The van der Waals surface area contributed by atoms with E-state index in [0.29, 0.717) is 6.54 Å². The summed E-state index contributed by atoms with van der Waals surface area (Å²) in [5, 5.41) is 8.15. The predicted molar refractivity (Wildman–Crippen MR) is 67.4 cm³/mol. The molecule has 0 radical (unpaired) electrons. The van der Waals surface area contributed by atoms with E-state index in [1.807, 2.05) is 17.7 Å². The van der Waals surface area contributed by atoms with Crippen molar-refractivity contribution in [2.45, 2.75) is 32.9 Å². The Morgan fingerprint density at radius 1 is 1.24 bits per heavy atom. The van der Waals surface area contributed by atoms with Crippen LogP contribution in [0.4, 0.5) is 0 Å². The minimum atomic E-state index is 0.463. The minimum Gasteiger partial charge on any atom is -0.325 e. The fourth-order valence-corrected chi connectivity index (χ4v) is 1.87. The van der Waals surface area contributed by atoms with E-state index in [0.717, 1.165) is 30.8 Å². The second-order valence-corrected chi connectivity index (χ2v) is 4.14. The normalized spacial score (nSPS) is 10.7. The van der Waals surface area contributed by atoms with Crippen LogP contribution < -0.4 is 5.73 Å². The molecular formula is C13H18N4. The quantitative estimate of drug-likeness (QED) is 0.850. The van der Waals surface area contributed by atoms with E-state index in [2.05, 4.69) is 34.6 Å². The molecule has 4 heteroatoms. The highest BCUT2D eigenvalue weighted by molar-refractivity contribution is 5.14. The van der Waals surface area contributed by atoms with Gasteiger partial charge in [0.25, 0.3) is 0 Å². The van der Waals surface area contributed by atoms with Crippen LogP contribution in [0.3, 0.4) is 0 Å². The third-order valence-corrected chi connectivity index (χ3v) is 2.95. The van der Waals surface area contributed by atoms with Gasteiger partial charge in [0.1, 0.15) is 0 Å². The van der Waals surface area contributed by atoms with Crippen LogP contribution in [0.15, 0.2) is 30.3 Å². The van der Waals surface area contributed by atoms with Crippen LogP contribution in [0.25, 0.3) is 0 Å². The Balaban J connectivity index is 1.88. The molecule has 4 nitrogen and oxygen atoms in total. The molecule has 0 unspecified atom stereocenters. The fourth-order valence-electron chi connectivity index (χ4n) is 1.87. The maximum absolute atomic E-state index is 5.57. The maximum Gasteiger partial charge on any atom is 0.0991 e. The molecule has 2 rings (SSSR count). The Morgan fingerprint density at radius 2 is 2.00 bits per heavy atom. The number of nitrogens with two attached hydrogens (primary N) is 1. The minimum absolute atomic E-state index is 0.463. The highest BCUT2D eigenvalue weighted by Gasteiger charge is 2.05. The molecule has 90 valence electrons. The monoisotopic (exact) mass is 230 g/mol. The molecule has 0 amide bonds. The van der Waals surface area contributed by atoms with E-state index in [4.69, 9.17) is 5.73 Å². The summed E-state index contributed by atoms with van der Waals surface area (Å²) < 4.78 is 1.94. The zero-order valence-corrected chi connectivity index (χ0v) is 10.1. The van der Waals surface area contributed by atoms with Gasteiger partial charge in [0, 0.05) is 13.1 Å². The van der Waals surface area contributed by atoms with Crippen LogP contribution in [-0.2, 0) is 19.5 Å². The van der Waals surface area contributed by atoms with Crippen molar-refractivity contribution in [1.29, 1.82) is 0 Å². The first-order chi connectivity index (χ1) is 8.31. The second kappa shape index (κ2) is 5.59. The summed E-state index contributed by atoms with van der Waals surface area (Å²) in [6.07, 6.45) is 2.14. The second-order valence-electron chi connectivity index (χ2n) is 4.14. The number of rotatable bonds is 5. The van der Waals surface area contributed by atoms with Crippen LogP contribution >= 0.6 is 0 Å². The Morgan fingerprint density at radius 3 is 2.65 bits per heavy atom. The van der Waals surface area contributed by atoms with Gasteiger partial charge in [-0.05, 0) is 25.3 Å². The molecule has 0 bridgehead atoms. The molecule has 0 spiro atoms. The van der Waals surface area contributed by atoms with Gasteiger partial charge in [-0.25, -0.2) is 4.68 Å². The summed E-state index contributed by atoms with van der Waals surface area (Å²) in [7, 11) is 0. The molecule has 0 fully saturated rings.